The minimum Gasteiger partial charge on any atom is -0.469 e. The summed E-state index contributed by atoms with van der Waals surface area (Å²) in [6.45, 7) is 5.87. The number of benzene rings is 1. The van der Waals surface area contributed by atoms with Crippen LogP contribution in [0.1, 0.15) is 6.92 Å². The maximum Gasteiger partial charge on any atom is 0.310 e. The molecule has 0 saturated carbocycles. The Morgan fingerprint density at radius 3 is 2.60 bits per heavy atom. The summed E-state index contributed by atoms with van der Waals surface area (Å²) in [6.07, 6.45) is 0. The van der Waals surface area contributed by atoms with Crippen LogP contribution in [0.5, 0.6) is 0 Å². The number of hydrogen-bond donors (Lipinski definition) is 1. The van der Waals surface area contributed by atoms with Crippen LogP contribution in [-0.4, -0.2) is 45.9 Å². The molecule has 0 bridgehead atoms. The SMILES string of the molecule is COC(=O)C(C)CNc1ccc(N2CCOCC2)cc1. The third-order valence-electron chi connectivity index (χ3n) is 3.46. The van der Waals surface area contributed by atoms with Crippen LogP contribution >= 0.6 is 0 Å². The van der Waals surface area contributed by atoms with Crippen LogP contribution in [0.25, 0.3) is 0 Å². The van der Waals surface area contributed by atoms with Gasteiger partial charge in [-0.3, -0.25) is 4.79 Å². The van der Waals surface area contributed by atoms with Gasteiger partial charge in [0.1, 0.15) is 0 Å². The van der Waals surface area contributed by atoms with Gasteiger partial charge in [-0.1, -0.05) is 6.92 Å². The molecule has 1 aliphatic rings. The smallest absolute Gasteiger partial charge is 0.310 e. The molecule has 0 radical (unpaired) electrons. The van der Waals surface area contributed by atoms with Crippen molar-refractivity contribution >= 4 is 17.3 Å². The Kier molecular flexibility index (Phi) is 5.24. The van der Waals surface area contributed by atoms with Crippen LogP contribution in [0.4, 0.5) is 11.4 Å². The molecule has 20 heavy (non-hydrogen) atoms. The Hall–Kier alpha value is -1.75. The summed E-state index contributed by atoms with van der Waals surface area (Å²) >= 11 is 0. The molecular formula is C15H22N2O3. The second-order valence-electron chi connectivity index (χ2n) is 4.95. The van der Waals surface area contributed by atoms with Crippen molar-refractivity contribution in [2.45, 2.75) is 6.92 Å². The summed E-state index contributed by atoms with van der Waals surface area (Å²) in [4.78, 5) is 13.6. The van der Waals surface area contributed by atoms with Gasteiger partial charge in [0.25, 0.3) is 0 Å². The molecule has 5 heteroatoms. The van der Waals surface area contributed by atoms with Crippen LogP contribution in [0.2, 0.25) is 0 Å². The summed E-state index contributed by atoms with van der Waals surface area (Å²) in [5, 5.41) is 3.25. The number of ether oxygens (including phenoxy) is 2. The lowest BCUT2D eigenvalue weighted by Crippen LogP contribution is -2.36. The zero-order valence-electron chi connectivity index (χ0n) is 12.1. The molecule has 1 aromatic carbocycles. The highest BCUT2D eigenvalue weighted by Crippen LogP contribution is 2.19. The summed E-state index contributed by atoms with van der Waals surface area (Å²) < 4.78 is 10.0. The van der Waals surface area contributed by atoms with Crippen molar-refractivity contribution in [3.8, 4) is 0 Å². The number of carbonyl (C=O) groups is 1. The van der Waals surface area contributed by atoms with E-state index in [0.29, 0.717) is 6.54 Å². The Morgan fingerprint density at radius 1 is 1.35 bits per heavy atom. The molecule has 1 N–H and O–H groups in total. The largest absolute Gasteiger partial charge is 0.469 e. The monoisotopic (exact) mass is 278 g/mol. The molecule has 1 aromatic rings. The number of nitrogens with zero attached hydrogens (tertiary/aromatic N) is 1. The summed E-state index contributed by atoms with van der Waals surface area (Å²) in [5.41, 5.74) is 2.22. The van der Waals surface area contributed by atoms with Gasteiger partial charge in [0, 0.05) is 31.0 Å². The van der Waals surface area contributed by atoms with Gasteiger partial charge in [0.2, 0.25) is 0 Å². The van der Waals surface area contributed by atoms with E-state index in [4.69, 9.17) is 9.47 Å². The highest BCUT2D eigenvalue weighted by molar-refractivity contribution is 5.72. The molecule has 0 aromatic heterocycles. The molecule has 1 fully saturated rings. The van der Waals surface area contributed by atoms with E-state index in [2.05, 4.69) is 22.3 Å². The van der Waals surface area contributed by atoms with E-state index in [0.717, 1.165) is 32.0 Å². The minimum atomic E-state index is -0.192. The predicted octanol–water partition coefficient (Wildman–Crippen LogP) is 1.74. The standard InChI is InChI=1S/C15H22N2O3/c1-12(15(18)19-2)11-16-13-3-5-14(6-4-13)17-7-9-20-10-8-17/h3-6,12,16H,7-11H2,1-2H3. The number of carbonyl (C=O) groups excluding carboxylic acids is 1. The second kappa shape index (κ2) is 7.14. The number of methoxy groups -OCH3 is 1. The van der Waals surface area contributed by atoms with Gasteiger partial charge in [-0.25, -0.2) is 0 Å². The first kappa shape index (κ1) is 14.7. The maximum absolute atomic E-state index is 11.3. The molecule has 1 aliphatic heterocycles. The second-order valence-corrected chi connectivity index (χ2v) is 4.95. The van der Waals surface area contributed by atoms with E-state index in [1.807, 2.05) is 19.1 Å². The predicted molar refractivity (Wildman–Crippen MR) is 79.1 cm³/mol. The van der Waals surface area contributed by atoms with E-state index in [1.54, 1.807) is 0 Å². The lowest BCUT2D eigenvalue weighted by molar-refractivity contribution is -0.144. The third-order valence-corrected chi connectivity index (χ3v) is 3.46. The number of nitrogens with one attached hydrogen (secondary N) is 1. The fourth-order valence-corrected chi connectivity index (χ4v) is 2.17. The van der Waals surface area contributed by atoms with Crippen molar-refractivity contribution < 1.29 is 14.3 Å². The van der Waals surface area contributed by atoms with Gasteiger partial charge in [-0.05, 0) is 24.3 Å². The van der Waals surface area contributed by atoms with Crippen molar-refractivity contribution in [1.29, 1.82) is 0 Å². The van der Waals surface area contributed by atoms with Crippen LogP contribution in [0.3, 0.4) is 0 Å². The fourth-order valence-electron chi connectivity index (χ4n) is 2.17. The summed E-state index contributed by atoms with van der Waals surface area (Å²) in [7, 11) is 1.41. The number of anilines is 2. The lowest BCUT2D eigenvalue weighted by Gasteiger charge is -2.29. The molecule has 0 amide bonds. The molecule has 110 valence electrons. The first-order valence-electron chi connectivity index (χ1n) is 6.95. The van der Waals surface area contributed by atoms with Crippen molar-refractivity contribution in [3.05, 3.63) is 24.3 Å². The molecule has 0 aliphatic carbocycles. The van der Waals surface area contributed by atoms with E-state index in [-0.39, 0.29) is 11.9 Å². The average molecular weight is 278 g/mol. The average Bonchev–Trinajstić information content (AvgIpc) is 2.53. The van der Waals surface area contributed by atoms with Gasteiger partial charge >= 0.3 is 5.97 Å². The highest BCUT2D eigenvalue weighted by atomic mass is 16.5. The topological polar surface area (TPSA) is 50.8 Å². The van der Waals surface area contributed by atoms with E-state index in [9.17, 15) is 4.79 Å². The van der Waals surface area contributed by atoms with E-state index < -0.39 is 0 Å². The van der Waals surface area contributed by atoms with Gasteiger partial charge in [0.15, 0.2) is 0 Å². The van der Waals surface area contributed by atoms with Gasteiger partial charge in [-0.15, -0.1) is 0 Å². The molecule has 5 nitrogen and oxygen atoms in total. The minimum absolute atomic E-state index is 0.154. The molecule has 2 rings (SSSR count). The summed E-state index contributed by atoms with van der Waals surface area (Å²) in [6, 6.07) is 8.26. The Bertz CT molecular complexity index is 427. The van der Waals surface area contributed by atoms with Gasteiger partial charge in [-0.2, -0.15) is 0 Å². The zero-order chi connectivity index (χ0) is 14.4. The van der Waals surface area contributed by atoms with Crippen LogP contribution < -0.4 is 10.2 Å². The van der Waals surface area contributed by atoms with Gasteiger partial charge in [0.05, 0.1) is 26.2 Å². The number of esters is 1. The Labute approximate surface area is 119 Å². The van der Waals surface area contributed by atoms with Crippen molar-refractivity contribution in [2.75, 3.05) is 50.2 Å². The van der Waals surface area contributed by atoms with Crippen molar-refractivity contribution in [3.63, 3.8) is 0 Å². The van der Waals surface area contributed by atoms with E-state index >= 15 is 0 Å². The fraction of sp³-hybridized carbons (Fsp3) is 0.533. The van der Waals surface area contributed by atoms with Crippen LogP contribution in [0.15, 0.2) is 24.3 Å². The van der Waals surface area contributed by atoms with Gasteiger partial charge < -0.3 is 19.7 Å². The normalized spacial score (nSPS) is 16.6. The first-order valence-corrected chi connectivity index (χ1v) is 6.95. The molecule has 1 atom stereocenters. The third kappa shape index (κ3) is 3.87. The Morgan fingerprint density at radius 2 is 2.00 bits per heavy atom. The molecule has 1 unspecified atom stereocenters. The van der Waals surface area contributed by atoms with Crippen molar-refractivity contribution in [2.24, 2.45) is 5.92 Å². The molecule has 1 heterocycles. The van der Waals surface area contributed by atoms with E-state index in [1.165, 1.54) is 12.8 Å². The maximum atomic E-state index is 11.3. The number of morpholine rings is 1. The number of rotatable bonds is 5. The molecule has 1 saturated heterocycles. The quantitative estimate of drug-likeness (QED) is 0.832. The lowest BCUT2D eigenvalue weighted by atomic mass is 10.2. The number of hydrogen-bond acceptors (Lipinski definition) is 5. The van der Waals surface area contributed by atoms with Crippen LogP contribution in [0, 0.1) is 5.92 Å². The Balaban J connectivity index is 1.86. The van der Waals surface area contributed by atoms with Crippen molar-refractivity contribution in [1.82, 2.24) is 0 Å². The molecular weight excluding hydrogens is 256 g/mol. The first-order chi connectivity index (χ1) is 9.70. The van der Waals surface area contributed by atoms with Crippen LogP contribution in [-0.2, 0) is 14.3 Å². The summed E-state index contributed by atoms with van der Waals surface area (Å²) in [5.74, 6) is -0.346. The molecule has 0 spiro atoms. The highest BCUT2D eigenvalue weighted by Gasteiger charge is 2.13. The zero-order valence-corrected chi connectivity index (χ0v) is 12.1.